The molecule has 0 bridgehead atoms. The normalized spacial score (nSPS) is 16.1. The Bertz CT molecular complexity index is 1210. The molecule has 2 aromatic carbocycles. The summed E-state index contributed by atoms with van der Waals surface area (Å²) in [5.74, 6) is 2.69. The number of terminal acetylenes is 1. The van der Waals surface area contributed by atoms with Crippen molar-refractivity contribution < 1.29 is 0 Å². The SMILES string of the molecule is C#CCN1C=C(/C=C/CC2=C(c3ccccc3)c3cc(C)ccc3CCC2=C)C=CC1=C. The summed E-state index contributed by atoms with van der Waals surface area (Å²) < 4.78 is 0. The highest BCUT2D eigenvalue weighted by Gasteiger charge is 2.20. The molecule has 0 saturated carbocycles. The third-order valence-corrected chi connectivity index (χ3v) is 6.06. The minimum Gasteiger partial charge on any atom is -0.336 e. The molecule has 0 amide bonds. The molecule has 158 valence electrons. The Morgan fingerprint density at radius 2 is 1.88 bits per heavy atom. The standard InChI is InChI=1S/C31H29N/c1-5-20-32-22-26(17-16-25(32)4)10-9-13-29-24(3)15-19-27-18-14-23(2)21-30(27)31(29)28-11-7-6-8-12-28/h1,6-12,14,16-18,21-22H,3-4,13,15,19-20H2,2H3/b10-9+. The van der Waals surface area contributed by atoms with Crippen LogP contribution in [0.25, 0.3) is 5.57 Å². The van der Waals surface area contributed by atoms with Gasteiger partial charge in [-0.25, -0.2) is 0 Å². The minimum atomic E-state index is 0.525. The van der Waals surface area contributed by atoms with Crippen molar-refractivity contribution in [2.45, 2.75) is 26.2 Å². The highest BCUT2D eigenvalue weighted by atomic mass is 15.1. The maximum Gasteiger partial charge on any atom is 0.0834 e. The first kappa shape index (κ1) is 21.5. The molecule has 1 heterocycles. The fourth-order valence-electron chi connectivity index (χ4n) is 4.35. The summed E-state index contributed by atoms with van der Waals surface area (Å²) in [6, 6.07) is 17.5. The predicted octanol–water partition coefficient (Wildman–Crippen LogP) is 7.15. The van der Waals surface area contributed by atoms with Crippen LogP contribution in [0.2, 0.25) is 0 Å². The number of nitrogens with zero attached hydrogens (tertiary/aromatic N) is 1. The second-order valence-electron chi connectivity index (χ2n) is 8.38. The Morgan fingerprint density at radius 3 is 2.66 bits per heavy atom. The van der Waals surface area contributed by atoms with Gasteiger partial charge in [-0.05, 0) is 65.7 Å². The third-order valence-electron chi connectivity index (χ3n) is 6.06. The lowest BCUT2D eigenvalue weighted by atomic mass is 9.87. The van der Waals surface area contributed by atoms with Gasteiger partial charge in [0.1, 0.15) is 0 Å². The molecule has 0 aromatic heterocycles. The van der Waals surface area contributed by atoms with Gasteiger partial charge >= 0.3 is 0 Å². The van der Waals surface area contributed by atoms with E-state index in [4.69, 9.17) is 6.42 Å². The van der Waals surface area contributed by atoms with Gasteiger partial charge in [0.05, 0.1) is 6.54 Å². The van der Waals surface area contributed by atoms with Crippen molar-refractivity contribution in [2.75, 3.05) is 6.54 Å². The summed E-state index contributed by atoms with van der Waals surface area (Å²) >= 11 is 0. The van der Waals surface area contributed by atoms with E-state index in [0.29, 0.717) is 6.54 Å². The van der Waals surface area contributed by atoms with Crippen molar-refractivity contribution in [3.63, 3.8) is 0 Å². The highest BCUT2D eigenvalue weighted by molar-refractivity contribution is 5.87. The molecule has 4 rings (SSSR count). The molecule has 32 heavy (non-hydrogen) atoms. The molecule has 0 saturated heterocycles. The van der Waals surface area contributed by atoms with Gasteiger partial charge in [0.25, 0.3) is 0 Å². The molecule has 2 aromatic rings. The van der Waals surface area contributed by atoms with Crippen LogP contribution in [0.4, 0.5) is 0 Å². The molecule has 0 N–H and O–H groups in total. The first-order valence-corrected chi connectivity index (χ1v) is 11.1. The second-order valence-corrected chi connectivity index (χ2v) is 8.38. The molecule has 0 atom stereocenters. The van der Waals surface area contributed by atoms with Gasteiger partial charge in [-0.15, -0.1) is 6.42 Å². The lowest BCUT2D eigenvalue weighted by Gasteiger charge is -2.22. The van der Waals surface area contributed by atoms with Crippen LogP contribution in [0.1, 0.15) is 35.1 Å². The van der Waals surface area contributed by atoms with E-state index in [1.165, 1.54) is 39.0 Å². The summed E-state index contributed by atoms with van der Waals surface area (Å²) in [4.78, 5) is 2.00. The summed E-state index contributed by atoms with van der Waals surface area (Å²) in [5, 5.41) is 0. The lowest BCUT2D eigenvalue weighted by Crippen LogP contribution is -2.17. The average molecular weight is 416 g/mol. The smallest absolute Gasteiger partial charge is 0.0834 e. The first-order valence-electron chi connectivity index (χ1n) is 11.1. The zero-order valence-corrected chi connectivity index (χ0v) is 18.8. The molecule has 1 aliphatic heterocycles. The van der Waals surface area contributed by atoms with Crippen LogP contribution in [-0.4, -0.2) is 11.4 Å². The number of hydrogen-bond donors (Lipinski definition) is 0. The van der Waals surface area contributed by atoms with E-state index < -0.39 is 0 Å². The Morgan fingerprint density at radius 1 is 1.06 bits per heavy atom. The molecule has 0 spiro atoms. The van der Waals surface area contributed by atoms with Crippen LogP contribution in [0.3, 0.4) is 0 Å². The number of fused-ring (bicyclic) bond motifs is 1. The number of aryl methyl sites for hydroxylation is 2. The van der Waals surface area contributed by atoms with Gasteiger partial charge < -0.3 is 4.90 Å². The van der Waals surface area contributed by atoms with E-state index in [1.807, 2.05) is 11.0 Å². The van der Waals surface area contributed by atoms with Crippen molar-refractivity contribution in [1.29, 1.82) is 0 Å². The molecule has 2 aliphatic rings. The van der Waals surface area contributed by atoms with Crippen LogP contribution in [0.15, 0.2) is 115 Å². The molecular formula is C31H29N. The van der Waals surface area contributed by atoms with Crippen LogP contribution in [0, 0.1) is 19.3 Å². The first-order chi connectivity index (χ1) is 15.6. The Balaban J connectivity index is 1.74. The zero-order valence-electron chi connectivity index (χ0n) is 18.8. The Labute approximate surface area is 192 Å². The molecular weight excluding hydrogens is 386 g/mol. The number of allylic oxidation sites excluding steroid dienone is 7. The van der Waals surface area contributed by atoms with E-state index in [2.05, 4.69) is 99.0 Å². The zero-order chi connectivity index (χ0) is 22.5. The van der Waals surface area contributed by atoms with Gasteiger partial charge in [-0.1, -0.05) is 97.0 Å². The van der Waals surface area contributed by atoms with Gasteiger partial charge in [0.2, 0.25) is 0 Å². The molecule has 1 nitrogen and oxygen atoms in total. The predicted molar refractivity (Wildman–Crippen MR) is 137 cm³/mol. The van der Waals surface area contributed by atoms with Crippen LogP contribution < -0.4 is 0 Å². The van der Waals surface area contributed by atoms with Gasteiger partial charge in [-0.2, -0.15) is 0 Å². The van der Waals surface area contributed by atoms with Crippen molar-refractivity contribution in [3.05, 3.63) is 137 Å². The molecule has 0 unspecified atom stereocenters. The Kier molecular flexibility index (Phi) is 6.43. The van der Waals surface area contributed by atoms with E-state index in [-0.39, 0.29) is 0 Å². The van der Waals surface area contributed by atoms with E-state index in [0.717, 1.165) is 30.5 Å². The van der Waals surface area contributed by atoms with E-state index in [9.17, 15) is 0 Å². The summed E-state index contributed by atoms with van der Waals surface area (Å²) in [5.41, 5.74) is 11.2. The molecule has 0 fully saturated rings. The fraction of sp³-hybridized carbons (Fsp3) is 0.161. The number of hydrogen-bond acceptors (Lipinski definition) is 1. The van der Waals surface area contributed by atoms with Crippen molar-refractivity contribution >= 4 is 5.57 Å². The number of rotatable bonds is 5. The van der Waals surface area contributed by atoms with Crippen molar-refractivity contribution in [2.24, 2.45) is 0 Å². The summed E-state index contributed by atoms with van der Waals surface area (Å²) in [6.45, 7) is 11.2. The van der Waals surface area contributed by atoms with Crippen molar-refractivity contribution in [1.82, 2.24) is 4.90 Å². The quantitative estimate of drug-likeness (QED) is 0.469. The highest BCUT2D eigenvalue weighted by Crippen LogP contribution is 2.39. The van der Waals surface area contributed by atoms with E-state index >= 15 is 0 Å². The van der Waals surface area contributed by atoms with Gasteiger partial charge in [0.15, 0.2) is 0 Å². The summed E-state index contributed by atoms with van der Waals surface area (Å²) in [7, 11) is 0. The number of benzene rings is 2. The molecule has 1 heteroatoms. The maximum atomic E-state index is 5.49. The topological polar surface area (TPSA) is 3.24 Å². The molecule has 1 aliphatic carbocycles. The lowest BCUT2D eigenvalue weighted by molar-refractivity contribution is 0.537. The largest absolute Gasteiger partial charge is 0.336 e. The fourth-order valence-corrected chi connectivity index (χ4v) is 4.35. The van der Waals surface area contributed by atoms with E-state index in [1.54, 1.807) is 0 Å². The van der Waals surface area contributed by atoms with Gasteiger partial charge in [-0.3, -0.25) is 0 Å². The summed E-state index contributed by atoms with van der Waals surface area (Å²) in [6.07, 6.45) is 18.9. The monoisotopic (exact) mass is 415 g/mol. The van der Waals surface area contributed by atoms with Crippen LogP contribution in [-0.2, 0) is 6.42 Å². The van der Waals surface area contributed by atoms with Gasteiger partial charge in [0, 0.05) is 11.9 Å². The Hall–Kier alpha value is -3.76. The van der Waals surface area contributed by atoms with Crippen molar-refractivity contribution in [3.8, 4) is 12.3 Å². The minimum absolute atomic E-state index is 0.525. The molecule has 0 radical (unpaired) electrons. The average Bonchev–Trinajstić information content (AvgIpc) is 2.93. The third kappa shape index (κ3) is 4.61. The van der Waals surface area contributed by atoms with Crippen LogP contribution in [0.5, 0.6) is 0 Å². The maximum absolute atomic E-state index is 5.49. The van der Waals surface area contributed by atoms with Crippen LogP contribution >= 0.6 is 0 Å². The second kappa shape index (κ2) is 9.58.